The average molecular weight is 462 g/mol. The van der Waals surface area contributed by atoms with Gasteiger partial charge in [-0.15, -0.1) is 5.10 Å². The fourth-order valence-electron chi connectivity index (χ4n) is 3.89. The van der Waals surface area contributed by atoms with Gasteiger partial charge in [0.2, 0.25) is 5.95 Å². The molecule has 11 heteroatoms. The number of ether oxygens (including phenoxy) is 2. The van der Waals surface area contributed by atoms with Crippen LogP contribution in [-0.4, -0.2) is 61.5 Å². The van der Waals surface area contributed by atoms with Crippen molar-refractivity contribution in [2.24, 2.45) is 0 Å². The van der Waals surface area contributed by atoms with Crippen molar-refractivity contribution in [1.82, 2.24) is 20.2 Å². The summed E-state index contributed by atoms with van der Waals surface area (Å²) in [6.45, 7) is 3.58. The third-order valence-corrected chi connectivity index (χ3v) is 5.86. The Hall–Kier alpha value is -2.50. The maximum absolute atomic E-state index is 14.8. The van der Waals surface area contributed by atoms with Crippen LogP contribution in [0.15, 0.2) is 24.4 Å². The third-order valence-electron chi connectivity index (χ3n) is 5.58. The van der Waals surface area contributed by atoms with Gasteiger partial charge in [0.05, 0.1) is 41.4 Å². The quantitative estimate of drug-likeness (QED) is 0.537. The molecule has 0 amide bonds. The zero-order chi connectivity index (χ0) is 22.6. The Morgan fingerprint density at radius 3 is 2.84 bits per heavy atom. The van der Waals surface area contributed by atoms with E-state index in [9.17, 15) is 14.6 Å². The van der Waals surface area contributed by atoms with E-state index in [2.05, 4.69) is 25.5 Å². The van der Waals surface area contributed by atoms with Crippen molar-refractivity contribution in [2.45, 2.75) is 50.4 Å². The summed E-state index contributed by atoms with van der Waals surface area (Å²) in [5, 5.41) is 32.3. The fourth-order valence-corrected chi connectivity index (χ4v) is 4.09. The highest BCUT2D eigenvalue weighted by molar-refractivity contribution is 6.33. The molecule has 168 valence electrons. The van der Waals surface area contributed by atoms with E-state index in [0.29, 0.717) is 35.4 Å². The van der Waals surface area contributed by atoms with Gasteiger partial charge in [-0.3, -0.25) is 0 Å². The normalized spacial score (nSPS) is 25.3. The van der Waals surface area contributed by atoms with Crippen molar-refractivity contribution >= 4 is 28.5 Å². The number of aromatic nitrogens is 4. The van der Waals surface area contributed by atoms with Crippen LogP contribution in [0.25, 0.3) is 22.2 Å². The van der Waals surface area contributed by atoms with E-state index in [-0.39, 0.29) is 28.6 Å². The lowest BCUT2D eigenvalue weighted by Crippen LogP contribution is -2.48. The third kappa shape index (κ3) is 3.89. The van der Waals surface area contributed by atoms with Gasteiger partial charge in [0.1, 0.15) is 17.2 Å². The van der Waals surface area contributed by atoms with Gasteiger partial charge in [-0.05, 0) is 38.5 Å². The smallest absolute Gasteiger partial charge is 0.223 e. The van der Waals surface area contributed by atoms with E-state index in [1.807, 2.05) is 0 Å². The van der Waals surface area contributed by atoms with Crippen molar-refractivity contribution in [3.63, 3.8) is 0 Å². The van der Waals surface area contributed by atoms with Crippen LogP contribution < -0.4 is 5.32 Å². The molecule has 2 aromatic heterocycles. The Morgan fingerprint density at radius 2 is 2.06 bits per heavy atom. The predicted molar refractivity (Wildman–Crippen MR) is 113 cm³/mol. The van der Waals surface area contributed by atoms with Crippen LogP contribution >= 0.6 is 11.6 Å². The SMILES string of the molecule is CC(C)(O)c1cc2cc(-c3nc(N[C@@H]4C[C@H]5CO[C@H](O5)[C@H]4O)ncc3Cl)cc(F)c2nn1. The van der Waals surface area contributed by atoms with Gasteiger partial charge in [-0.2, -0.15) is 5.10 Å². The Balaban J connectivity index is 1.50. The number of halogens is 2. The molecule has 32 heavy (non-hydrogen) atoms. The summed E-state index contributed by atoms with van der Waals surface area (Å²) in [7, 11) is 0. The number of hydrogen-bond donors (Lipinski definition) is 3. The number of hydrogen-bond acceptors (Lipinski definition) is 9. The molecule has 0 aliphatic carbocycles. The molecule has 3 aromatic rings. The van der Waals surface area contributed by atoms with Crippen LogP contribution in [0.5, 0.6) is 0 Å². The Bertz CT molecular complexity index is 1190. The monoisotopic (exact) mass is 461 g/mol. The van der Waals surface area contributed by atoms with Crippen LogP contribution in [0.1, 0.15) is 26.0 Å². The van der Waals surface area contributed by atoms with Gasteiger partial charge in [0.25, 0.3) is 0 Å². The number of aliphatic hydroxyl groups is 2. The molecule has 5 rings (SSSR count). The zero-order valence-electron chi connectivity index (χ0n) is 17.3. The first kappa shape index (κ1) is 21.4. The lowest BCUT2D eigenvalue weighted by molar-refractivity contribution is -0.156. The van der Waals surface area contributed by atoms with Gasteiger partial charge < -0.3 is 25.0 Å². The number of rotatable bonds is 4. The number of aliphatic hydroxyl groups excluding tert-OH is 1. The molecule has 1 aromatic carbocycles. The topological polar surface area (TPSA) is 123 Å². The van der Waals surface area contributed by atoms with Gasteiger partial charge in [-0.1, -0.05) is 11.6 Å². The van der Waals surface area contributed by atoms with Gasteiger partial charge in [0, 0.05) is 10.9 Å². The van der Waals surface area contributed by atoms with E-state index < -0.39 is 23.8 Å². The Morgan fingerprint density at radius 1 is 1.25 bits per heavy atom. The van der Waals surface area contributed by atoms with Crippen molar-refractivity contribution in [1.29, 1.82) is 0 Å². The molecule has 0 spiro atoms. The number of fused-ring (bicyclic) bond motifs is 3. The minimum absolute atomic E-state index is 0.0751. The molecule has 4 heterocycles. The van der Waals surface area contributed by atoms with Crippen LogP contribution in [0, 0.1) is 5.82 Å². The molecule has 2 aliphatic heterocycles. The van der Waals surface area contributed by atoms with Crippen molar-refractivity contribution in [2.75, 3.05) is 11.9 Å². The highest BCUT2D eigenvalue weighted by atomic mass is 35.5. The predicted octanol–water partition coefficient (Wildman–Crippen LogP) is 2.39. The molecule has 2 aliphatic rings. The van der Waals surface area contributed by atoms with Crippen molar-refractivity contribution < 1.29 is 24.1 Å². The second-order valence-corrected chi connectivity index (χ2v) is 8.92. The van der Waals surface area contributed by atoms with E-state index in [1.54, 1.807) is 26.0 Å². The summed E-state index contributed by atoms with van der Waals surface area (Å²) in [6.07, 6.45) is 0.278. The average Bonchev–Trinajstić information content (AvgIpc) is 3.15. The molecule has 2 bridgehead atoms. The molecular formula is C21H21ClFN5O4. The molecule has 9 nitrogen and oxygen atoms in total. The number of anilines is 1. The van der Waals surface area contributed by atoms with Crippen molar-refractivity contribution in [3.05, 3.63) is 40.9 Å². The van der Waals surface area contributed by atoms with Gasteiger partial charge >= 0.3 is 0 Å². The Kier molecular flexibility index (Phi) is 5.22. The van der Waals surface area contributed by atoms with E-state index in [0.717, 1.165) is 0 Å². The maximum atomic E-state index is 14.8. The van der Waals surface area contributed by atoms with E-state index >= 15 is 0 Å². The first-order chi connectivity index (χ1) is 15.2. The highest BCUT2D eigenvalue weighted by Gasteiger charge is 2.43. The van der Waals surface area contributed by atoms with E-state index in [4.69, 9.17) is 21.1 Å². The maximum Gasteiger partial charge on any atom is 0.223 e. The summed E-state index contributed by atoms with van der Waals surface area (Å²) in [5.41, 5.74) is -0.122. The first-order valence-electron chi connectivity index (χ1n) is 10.1. The first-order valence-corrected chi connectivity index (χ1v) is 10.5. The number of nitrogens with zero attached hydrogens (tertiary/aromatic N) is 4. The number of benzene rings is 1. The molecule has 2 fully saturated rings. The highest BCUT2D eigenvalue weighted by Crippen LogP contribution is 2.33. The molecule has 2 saturated heterocycles. The van der Waals surface area contributed by atoms with Gasteiger partial charge in [-0.25, -0.2) is 14.4 Å². The molecule has 4 atom stereocenters. The molecule has 0 saturated carbocycles. The summed E-state index contributed by atoms with van der Waals surface area (Å²) in [5.74, 6) is -0.356. The zero-order valence-corrected chi connectivity index (χ0v) is 18.0. The molecule has 0 unspecified atom stereocenters. The summed E-state index contributed by atoms with van der Waals surface area (Å²) >= 11 is 6.33. The fraction of sp³-hybridized carbons (Fsp3) is 0.429. The van der Waals surface area contributed by atoms with Crippen LogP contribution in [0.3, 0.4) is 0 Å². The summed E-state index contributed by atoms with van der Waals surface area (Å²) in [4.78, 5) is 8.66. The largest absolute Gasteiger partial charge is 0.386 e. The van der Waals surface area contributed by atoms with Gasteiger partial charge in [0.15, 0.2) is 12.1 Å². The minimum Gasteiger partial charge on any atom is -0.386 e. The van der Waals surface area contributed by atoms with Crippen LogP contribution in [-0.2, 0) is 15.1 Å². The van der Waals surface area contributed by atoms with Crippen LogP contribution in [0.4, 0.5) is 10.3 Å². The lowest BCUT2D eigenvalue weighted by Gasteiger charge is -2.32. The molecular weight excluding hydrogens is 441 g/mol. The minimum atomic E-state index is -1.23. The summed E-state index contributed by atoms with van der Waals surface area (Å²) in [6, 6.07) is 4.17. The molecule has 3 N–H and O–H groups in total. The van der Waals surface area contributed by atoms with E-state index in [1.165, 1.54) is 12.3 Å². The standard InChI is InChI=1S/C21H21ClFN5O4/c1-21(2,30)15-5-10-3-9(4-13(23)17(10)28-27-15)16-12(22)7-24-20(26-16)25-14-6-11-8-31-19(32-11)18(14)29/h3-5,7,11,14,18-19,29-30H,6,8H2,1-2H3,(H,24,25,26)/t11-,14+,18-,19+/m0/s1. The number of nitrogens with one attached hydrogen (secondary N) is 1. The summed E-state index contributed by atoms with van der Waals surface area (Å²) < 4.78 is 25.7. The molecule has 0 radical (unpaired) electrons. The Labute approximate surface area is 187 Å². The van der Waals surface area contributed by atoms with Crippen molar-refractivity contribution in [3.8, 4) is 11.3 Å². The second-order valence-electron chi connectivity index (χ2n) is 8.51. The second kappa shape index (κ2) is 7.82. The lowest BCUT2D eigenvalue weighted by atomic mass is 10.0. The van der Waals surface area contributed by atoms with Crippen LogP contribution in [0.2, 0.25) is 5.02 Å².